The van der Waals surface area contributed by atoms with Crippen LogP contribution in [0.3, 0.4) is 0 Å². The van der Waals surface area contributed by atoms with Gasteiger partial charge in [0.15, 0.2) is 0 Å². The lowest BCUT2D eigenvalue weighted by Gasteiger charge is -1.93. The third kappa shape index (κ3) is 1.92. The van der Waals surface area contributed by atoms with E-state index in [2.05, 4.69) is 11.1 Å². The molecule has 0 atom stereocenters. The molecular formula is C7H11N. The fraction of sp³-hybridized carbons (Fsp3) is 0.571. The van der Waals surface area contributed by atoms with Gasteiger partial charge in [-0.3, -0.25) is 4.99 Å². The standard InChI is InChI=1S/C7H11N/c1-2-4-6-8-7-5-3-1/h4,6-7H,1-3,5H2/b6-4-,8-7?. The average molecular weight is 109 g/mol. The van der Waals surface area contributed by atoms with Crippen LogP contribution in [0.2, 0.25) is 0 Å². The zero-order valence-electron chi connectivity index (χ0n) is 5.01. The van der Waals surface area contributed by atoms with Crippen LogP contribution in [0.15, 0.2) is 17.3 Å². The minimum atomic E-state index is 1.16. The molecule has 1 rings (SSSR count). The third-order valence-corrected chi connectivity index (χ3v) is 1.25. The summed E-state index contributed by atoms with van der Waals surface area (Å²) in [4.78, 5) is 4.03. The summed E-state index contributed by atoms with van der Waals surface area (Å²) < 4.78 is 0. The number of aliphatic imine (C=N–C) groups is 1. The van der Waals surface area contributed by atoms with Crippen LogP contribution >= 0.6 is 0 Å². The lowest BCUT2D eigenvalue weighted by molar-refractivity contribution is 0.777. The SMILES string of the molecule is C1=N/C=C\CCCC1. The summed E-state index contributed by atoms with van der Waals surface area (Å²) in [6.07, 6.45) is 11.0. The Morgan fingerprint density at radius 3 is 3.00 bits per heavy atom. The first kappa shape index (κ1) is 5.54. The van der Waals surface area contributed by atoms with Crippen molar-refractivity contribution in [3.63, 3.8) is 0 Å². The minimum Gasteiger partial charge on any atom is -0.269 e. The van der Waals surface area contributed by atoms with E-state index in [0.29, 0.717) is 0 Å². The molecule has 0 N–H and O–H groups in total. The molecule has 0 fully saturated rings. The summed E-state index contributed by atoms with van der Waals surface area (Å²) in [5, 5.41) is 0. The second-order valence-corrected chi connectivity index (χ2v) is 2.00. The van der Waals surface area contributed by atoms with Crippen molar-refractivity contribution < 1.29 is 0 Å². The van der Waals surface area contributed by atoms with E-state index in [-0.39, 0.29) is 0 Å². The predicted octanol–water partition coefficient (Wildman–Crippen LogP) is 2.14. The quantitative estimate of drug-likeness (QED) is 0.452. The zero-order chi connectivity index (χ0) is 5.66. The number of hydrogen-bond donors (Lipinski definition) is 0. The molecule has 0 aliphatic carbocycles. The van der Waals surface area contributed by atoms with E-state index in [1.54, 1.807) is 0 Å². The summed E-state index contributed by atoms with van der Waals surface area (Å²) in [7, 11) is 0. The Labute approximate surface area is 50.1 Å². The summed E-state index contributed by atoms with van der Waals surface area (Å²) in [6, 6.07) is 0. The Hall–Kier alpha value is -0.590. The first-order chi connectivity index (χ1) is 4.00. The molecule has 0 amide bonds. The van der Waals surface area contributed by atoms with Gasteiger partial charge in [0.25, 0.3) is 0 Å². The number of rotatable bonds is 0. The van der Waals surface area contributed by atoms with Gasteiger partial charge < -0.3 is 0 Å². The number of allylic oxidation sites excluding steroid dienone is 1. The van der Waals surface area contributed by atoms with E-state index in [4.69, 9.17) is 0 Å². The Morgan fingerprint density at radius 2 is 2.00 bits per heavy atom. The van der Waals surface area contributed by atoms with Crippen LogP contribution in [0.5, 0.6) is 0 Å². The van der Waals surface area contributed by atoms with Gasteiger partial charge in [0, 0.05) is 12.4 Å². The van der Waals surface area contributed by atoms with E-state index < -0.39 is 0 Å². The van der Waals surface area contributed by atoms with Crippen LogP contribution in [0.4, 0.5) is 0 Å². The highest BCUT2D eigenvalue weighted by atomic mass is 14.7. The molecule has 0 aromatic rings. The molecule has 0 spiro atoms. The number of hydrogen-bond acceptors (Lipinski definition) is 1. The molecule has 1 aliphatic rings. The molecule has 0 aromatic heterocycles. The van der Waals surface area contributed by atoms with Crippen molar-refractivity contribution in [3.8, 4) is 0 Å². The van der Waals surface area contributed by atoms with Crippen LogP contribution in [0.25, 0.3) is 0 Å². The maximum absolute atomic E-state index is 4.03. The summed E-state index contributed by atoms with van der Waals surface area (Å²) in [6.45, 7) is 0. The molecule has 0 radical (unpaired) electrons. The minimum absolute atomic E-state index is 1.16. The first-order valence-corrected chi connectivity index (χ1v) is 3.17. The van der Waals surface area contributed by atoms with Crippen LogP contribution in [0.1, 0.15) is 25.7 Å². The van der Waals surface area contributed by atoms with Crippen LogP contribution in [-0.2, 0) is 0 Å². The van der Waals surface area contributed by atoms with Gasteiger partial charge in [-0.15, -0.1) is 0 Å². The number of nitrogens with zero attached hydrogens (tertiary/aromatic N) is 1. The van der Waals surface area contributed by atoms with E-state index in [1.165, 1.54) is 19.3 Å². The highest BCUT2D eigenvalue weighted by Gasteiger charge is 1.85. The molecule has 1 aliphatic heterocycles. The first-order valence-electron chi connectivity index (χ1n) is 3.17. The molecular weight excluding hydrogens is 98.1 g/mol. The van der Waals surface area contributed by atoms with E-state index in [1.807, 2.05) is 12.4 Å². The Balaban J connectivity index is 2.33. The molecule has 0 saturated carbocycles. The second kappa shape index (κ2) is 3.42. The van der Waals surface area contributed by atoms with Crippen molar-refractivity contribution in [2.75, 3.05) is 0 Å². The zero-order valence-corrected chi connectivity index (χ0v) is 5.01. The summed E-state index contributed by atoms with van der Waals surface area (Å²) in [5.41, 5.74) is 0. The third-order valence-electron chi connectivity index (χ3n) is 1.25. The van der Waals surface area contributed by atoms with Gasteiger partial charge in [0.05, 0.1) is 0 Å². The second-order valence-electron chi connectivity index (χ2n) is 2.00. The van der Waals surface area contributed by atoms with Crippen molar-refractivity contribution in [2.45, 2.75) is 25.7 Å². The maximum atomic E-state index is 4.03. The fourth-order valence-corrected chi connectivity index (χ4v) is 0.769. The van der Waals surface area contributed by atoms with Crippen molar-refractivity contribution in [3.05, 3.63) is 12.3 Å². The van der Waals surface area contributed by atoms with Crippen LogP contribution < -0.4 is 0 Å². The normalized spacial score (nSPS) is 24.0. The molecule has 8 heavy (non-hydrogen) atoms. The molecule has 0 aromatic carbocycles. The van der Waals surface area contributed by atoms with Crippen molar-refractivity contribution in [1.29, 1.82) is 0 Å². The lowest BCUT2D eigenvalue weighted by atomic mass is 10.2. The van der Waals surface area contributed by atoms with Gasteiger partial charge in [0.1, 0.15) is 0 Å². The topological polar surface area (TPSA) is 12.4 Å². The lowest BCUT2D eigenvalue weighted by Crippen LogP contribution is -1.79. The van der Waals surface area contributed by atoms with Crippen molar-refractivity contribution in [1.82, 2.24) is 0 Å². The van der Waals surface area contributed by atoms with Crippen LogP contribution in [0, 0.1) is 0 Å². The van der Waals surface area contributed by atoms with Crippen LogP contribution in [-0.4, -0.2) is 6.21 Å². The van der Waals surface area contributed by atoms with Gasteiger partial charge >= 0.3 is 0 Å². The Morgan fingerprint density at radius 1 is 1.12 bits per heavy atom. The highest BCUT2D eigenvalue weighted by molar-refractivity contribution is 5.57. The molecule has 1 heterocycles. The summed E-state index contributed by atoms with van der Waals surface area (Å²) >= 11 is 0. The molecule has 1 nitrogen and oxygen atoms in total. The molecule has 1 heteroatoms. The highest BCUT2D eigenvalue weighted by Crippen LogP contribution is 2.01. The molecule has 0 unspecified atom stereocenters. The molecule has 0 bridgehead atoms. The van der Waals surface area contributed by atoms with E-state index in [0.717, 1.165) is 6.42 Å². The summed E-state index contributed by atoms with van der Waals surface area (Å²) in [5.74, 6) is 0. The molecule has 44 valence electrons. The Kier molecular flexibility index (Phi) is 2.37. The van der Waals surface area contributed by atoms with Crippen molar-refractivity contribution >= 4 is 6.21 Å². The van der Waals surface area contributed by atoms with Gasteiger partial charge in [-0.25, -0.2) is 0 Å². The molecule has 0 saturated heterocycles. The van der Waals surface area contributed by atoms with Gasteiger partial charge in [-0.05, 0) is 25.7 Å². The average Bonchev–Trinajstić information content (AvgIpc) is 1.62. The maximum Gasteiger partial charge on any atom is 0.0223 e. The monoisotopic (exact) mass is 109 g/mol. The fourth-order valence-electron chi connectivity index (χ4n) is 0.769. The van der Waals surface area contributed by atoms with E-state index in [9.17, 15) is 0 Å². The largest absolute Gasteiger partial charge is 0.269 e. The smallest absolute Gasteiger partial charge is 0.0223 e. The van der Waals surface area contributed by atoms with Gasteiger partial charge in [0.2, 0.25) is 0 Å². The van der Waals surface area contributed by atoms with Gasteiger partial charge in [-0.1, -0.05) is 6.08 Å². The Bertz CT molecular complexity index is 89.0. The van der Waals surface area contributed by atoms with Gasteiger partial charge in [-0.2, -0.15) is 0 Å². The van der Waals surface area contributed by atoms with E-state index >= 15 is 0 Å². The predicted molar refractivity (Wildman–Crippen MR) is 36.1 cm³/mol. The van der Waals surface area contributed by atoms with Crippen molar-refractivity contribution in [2.24, 2.45) is 4.99 Å².